The van der Waals surface area contributed by atoms with Gasteiger partial charge in [0.1, 0.15) is 5.75 Å². The lowest BCUT2D eigenvalue weighted by Crippen LogP contribution is -2.22. The van der Waals surface area contributed by atoms with E-state index in [4.69, 9.17) is 4.74 Å². The molecule has 0 saturated carbocycles. The highest BCUT2D eigenvalue weighted by Gasteiger charge is 2.23. The summed E-state index contributed by atoms with van der Waals surface area (Å²) in [4.78, 5) is 0. The molecule has 2 atom stereocenters. The van der Waals surface area contributed by atoms with Gasteiger partial charge < -0.3 is 9.84 Å². The third kappa shape index (κ3) is 1.54. The van der Waals surface area contributed by atoms with Crippen LogP contribution >= 0.6 is 0 Å². The Morgan fingerprint density at radius 3 is 3.00 bits per heavy atom. The lowest BCUT2D eigenvalue weighted by Gasteiger charge is -2.27. The third-order valence-corrected chi connectivity index (χ3v) is 2.41. The van der Waals surface area contributed by atoms with Crippen molar-refractivity contribution >= 4 is 0 Å². The summed E-state index contributed by atoms with van der Waals surface area (Å²) in [5.41, 5.74) is 2.09. The molecule has 1 heterocycles. The maximum absolute atomic E-state index is 9.78. The van der Waals surface area contributed by atoms with Crippen LogP contribution < -0.4 is 4.74 Å². The number of rotatable bonds is 0. The Morgan fingerprint density at radius 2 is 2.23 bits per heavy atom. The van der Waals surface area contributed by atoms with Gasteiger partial charge in [0, 0.05) is 12.0 Å². The van der Waals surface area contributed by atoms with E-state index in [0.29, 0.717) is 6.42 Å². The Labute approximate surface area is 78.2 Å². The zero-order valence-electron chi connectivity index (χ0n) is 7.95. The molecule has 2 heteroatoms. The molecule has 0 saturated heterocycles. The van der Waals surface area contributed by atoms with Crippen LogP contribution in [-0.2, 0) is 0 Å². The number of aryl methyl sites for hydroxylation is 1. The van der Waals surface area contributed by atoms with Crippen molar-refractivity contribution in [3.05, 3.63) is 29.3 Å². The summed E-state index contributed by atoms with van der Waals surface area (Å²) in [6.07, 6.45) is 0.444. The number of benzene rings is 1. The summed E-state index contributed by atoms with van der Waals surface area (Å²) >= 11 is 0. The lowest BCUT2D eigenvalue weighted by molar-refractivity contribution is 0.0749. The van der Waals surface area contributed by atoms with Crippen molar-refractivity contribution in [3.63, 3.8) is 0 Å². The van der Waals surface area contributed by atoms with Gasteiger partial charge >= 0.3 is 0 Å². The number of aliphatic hydroxyl groups is 1. The fraction of sp³-hybridized carbons (Fsp3) is 0.455. The summed E-state index contributed by atoms with van der Waals surface area (Å²) in [6.45, 7) is 4.00. The van der Waals surface area contributed by atoms with Gasteiger partial charge in [-0.1, -0.05) is 11.6 Å². The molecule has 0 bridgehead atoms. The van der Waals surface area contributed by atoms with E-state index in [2.05, 4.69) is 0 Å². The summed E-state index contributed by atoms with van der Waals surface area (Å²) in [6, 6.07) is 5.93. The van der Waals surface area contributed by atoms with Gasteiger partial charge in [0.15, 0.2) is 0 Å². The molecule has 1 aliphatic heterocycles. The molecule has 1 aromatic carbocycles. The first-order chi connectivity index (χ1) is 6.16. The molecule has 0 radical (unpaired) electrons. The van der Waals surface area contributed by atoms with Crippen LogP contribution in [0.5, 0.6) is 5.75 Å². The normalized spacial score (nSPS) is 26.4. The summed E-state index contributed by atoms with van der Waals surface area (Å²) in [5, 5.41) is 9.78. The van der Waals surface area contributed by atoms with Crippen LogP contribution in [-0.4, -0.2) is 11.2 Å². The van der Waals surface area contributed by atoms with Gasteiger partial charge in [0.25, 0.3) is 0 Å². The number of hydrogen-bond acceptors (Lipinski definition) is 2. The molecule has 13 heavy (non-hydrogen) atoms. The second-order valence-electron chi connectivity index (χ2n) is 3.72. The maximum Gasteiger partial charge on any atom is 0.125 e. The predicted octanol–water partition coefficient (Wildman–Crippen LogP) is 2.20. The number of hydrogen-bond donors (Lipinski definition) is 1. The Hall–Kier alpha value is -1.02. The number of fused-ring (bicyclic) bond motifs is 1. The Balaban J connectivity index is 2.43. The van der Waals surface area contributed by atoms with Crippen molar-refractivity contribution in [1.29, 1.82) is 0 Å². The lowest BCUT2D eigenvalue weighted by atomic mass is 9.98. The van der Waals surface area contributed by atoms with Gasteiger partial charge in [-0.3, -0.25) is 0 Å². The van der Waals surface area contributed by atoms with Gasteiger partial charge in [-0.25, -0.2) is 0 Å². The van der Waals surface area contributed by atoms with Crippen molar-refractivity contribution in [3.8, 4) is 5.75 Å². The molecule has 1 aromatic rings. The molecule has 2 rings (SSSR count). The summed E-state index contributed by atoms with van der Waals surface area (Å²) < 4.78 is 5.60. The monoisotopic (exact) mass is 178 g/mol. The van der Waals surface area contributed by atoms with Gasteiger partial charge in [0.2, 0.25) is 0 Å². The molecule has 1 unspecified atom stereocenters. The number of ether oxygens (including phenoxy) is 1. The maximum atomic E-state index is 9.78. The molecule has 70 valence electrons. The van der Waals surface area contributed by atoms with Crippen molar-refractivity contribution in [2.45, 2.75) is 32.5 Å². The fourth-order valence-electron chi connectivity index (χ4n) is 1.74. The quantitative estimate of drug-likeness (QED) is 0.660. The molecule has 2 nitrogen and oxygen atoms in total. The zero-order chi connectivity index (χ0) is 9.42. The van der Waals surface area contributed by atoms with Crippen molar-refractivity contribution in [2.75, 3.05) is 0 Å². The van der Waals surface area contributed by atoms with Gasteiger partial charge in [-0.2, -0.15) is 0 Å². The smallest absolute Gasteiger partial charge is 0.125 e. The molecular formula is C11H14O2. The highest BCUT2D eigenvalue weighted by atomic mass is 16.5. The Kier molecular flexibility index (Phi) is 2.00. The van der Waals surface area contributed by atoms with E-state index >= 15 is 0 Å². The average Bonchev–Trinajstić information content (AvgIpc) is 2.06. The van der Waals surface area contributed by atoms with Crippen molar-refractivity contribution in [2.24, 2.45) is 0 Å². The average molecular weight is 178 g/mol. The second kappa shape index (κ2) is 3.04. The van der Waals surface area contributed by atoms with Crippen LogP contribution in [0.3, 0.4) is 0 Å². The van der Waals surface area contributed by atoms with Crippen LogP contribution in [0.1, 0.15) is 30.6 Å². The van der Waals surface area contributed by atoms with Gasteiger partial charge in [-0.05, 0) is 26.0 Å². The first-order valence-electron chi connectivity index (χ1n) is 4.62. The molecule has 0 aromatic heterocycles. The molecule has 0 amide bonds. The summed E-state index contributed by atoms with van der Waals surface area (Å²) in [5.74, 6) is 0.830. The third-order valence-electron chi connectivity index (χ3n) is 2.41. The number of aliphatic hydroxyl groups excluding tert-OH is 1. The Morgan fingerprint density at radius 1 is 1.46 bits per heavy atom. The van der Waals surface area contributed by atoms with Gasteiger partial charge in [-0.15, -0.1) is 0 Å². The minimum absolute atomic E-state index is 0.116. The minimum Gasteiger partial charge on any atom is -0.490 e. The Bertz CT molecular complexity index is 320. The standard InChI is InChI=1S/C11H14O2/c1-7-3-4-11-9(5-7)10(12)6-8(2)13-11/h3-5,8,10,12H,6H2,1-2H3/t8?,10-/m1/s1. The molecule has 1 N–H and O–H groups in total. The summed E-state index contributed by atoms with van der Waals surface area (Å²) in [7, 11) is 0. The first-order valence-corrected chi connectivity index (χ1v) is 4.62. The van der Waals surface area contributed by atoms with E-state index in [1.165, 1.54) is 0 Å². The van der Waals surface area contributed by atoms with E-state index in [-0.39, 0.29) is 12.2 Å². The van der Waals surface area contributed by atoms with E-state index < -0.39 is 0 Å². The SMILES string of the molecule is Cc1ccc2c(c1)[C@H](O)CC(C)O2. The highest BCUT2D eigenvalue weighted by molar-refractivity contribution is 5.39. The van der Waals surface area contributed by atoms with Crippen LogP contribution in [0.25, 0.3) is 0 Å². The molecule has 0 fully saturated rings. The van der Waals surface area contributed by atoms with E-state index in [1.54, 1.807) is 0 Å². The topological polar surface area (TPSA) is 29.5 Å². The molecule has 0 spiro atoms. The fourth-order valence-corrected chi connectivity index (χ4v) is 1.74. The van der Waals surface area contributed by atoms with Crippen molar-refractivity contribution < 1.29 is 9.84 Å². The largest absolute Gasteiger partial charge is 0.490 e. The van der Waals surface area contributed by atoms with E-state index in [0.717, 1.165) is 16.9 Å². The molecule has 1 aliphatic rings. The second-order valence-corrected chi connectivity index (χ2v) is 3.72. The van der Waals surface area contributed by atoms with Gasteiger partial charge in [0.05, 0.1) is 12.2 Å². The molecular weight excluding hydrogens is 164 g/mol. The predicted molar refractivity (Wildman–Crippen MR) is 50.8 cm³/mol. The van der Waals surface area contributed by atoms with Crippen LogP contribution in [0.4, 0.5) is 0 Å². The van der Waals surface area contributed by atoms with Crippen LogP contribution in [0.2, 0.25) is 0 Å². The first kappa shape index (κ1) is 8.57. The molecule has 0 aliphatic carbocycles. The zero-order valence-corrected chi connectivity index (χ0v) is 7.95. The van der Waals surface area contributed by atoms with E-state index in [9.17, 15) is 5.11 Å². The van der Waals surface area contributed by atoms with Crippen LogP contribution in [0, 0.1) is 6.92 Å². The minimum atomic E-state index is -0.362. The highest BCUT2D eigenvalue weighted by Crippen LogP contribution is 2.34. The van der Waals surface area contributed by atoms with Crippen molar-refractivity contribution in [1.82, 2.24) is 0 Å². The van der Waals surface area contributed by atoms with E-state index in [1.807, 2.05) is 32.0 Å². The van der Waals surface area contributed by atoms with Crippen LogP contribution in [0.15, 0.2) is 18.2 Å².